The van der Waals surface area contributed by atoms with Crippen LogP contribution in [0, 0.1) is 5.82 Å². The first kappa shape index (κ1) is 15.4. The van der Waals surface area contributed by atoms with E-state index in [0.717, 1.165) is 0 Å². The number of carbonyl (C=O) groups excluding carboxylic acids is 1. The largest absolute Gasteiger partial charge is 0.508 e. The van der Waals surface area contributed by atoms with Gasteiger partial charge >= 0.3 is 0 Å². The first-order chi connectivity index (χ1) is 8.59. The smallest absolute Gasteiger partial charge is 0.164 e. The lowest BCUT2D eigenvalue weighted by Gasteiger charge is -1.89. The molecule has 18 heavy (non-hydrogen) atoms. The molecule has 0 radical (unpaired) electrons. The maximum atomic E-state index is 12.1. The van der Waals surface area contributed by atoms with Crippen molar-refractivity contribution in [3.8, 4) is 17.2 Å². The number of halogens is 1. The molecule has 0 spiro atoms. The number of hydrogen-bond acceptors (Lipinski definition) is 4. The third-order valence-corrected chi connectivity index (χ3v) is 1.68. The molecule has 0 fully saturated rings. The zero-order valence-corrected chi connectivity index (χ0v) is 9.45. The van der Waals surface area contributed by atoms with Gasteiger partial charge in [-0.2, -0.15) is 0 Å². The second-order valence-electron chi connectivity index (χ2n) is 2.97. The van der Waals surface area contributed by atoms with Crippen molar-refractivity contribution in [2.24, 2.45) is 0 Å². The summed E-state index contributed by atoms with van der Waals surface area (Å²) in [4.78, 5) is 8.00. The highest BCUT2D eigenvalue weighted by Crippen LogP contribution is 2.14. The van der Waals surface area contributed by atoms with Crippen LogP contribution in [-0.2, 0) is 4.79 Å². The van der Waals surface area contributed by atoms with E-state index < -0.39 is 5.82 Å². The van der Waals surface area contributed by atoms with Crippen LogP contribution in [0.5, 0.6) is 17.2 Å². The number of phenols is 3. The lowest BCUT2D eigenvalue weighted by molar-refractivity contribution is -0.0979. The minimum Gasteiger partial charge on any atom is -0.508 e. The zero-order chi connectivity index (χ0) is 14.0. The minimum absolute atomic E-state index is 0.0880. The molecule has 0 amide bonds. The predicted molar refractivity (Wildman–Crippen MR) is 65.0 cm³/mol. The normalized spacial score (nSPS) is 8.28. The molecule has 4 nitrogen and oxygen atoms in total. The fourth-order valence-electron chi connectivity index (χ4n) is 0.945. The maximum absolute atomic E-state index is 12.1. The molecule has 0 bridgehead atoms. The van der Waals surface area contributed by atoms with Gasteiger partial charge in [-0.15, -0.1) is 0 Å². The van der Waals surface area contributed by atoms with Crippen LogP contribution in [0.25, 0.3) is 0 Å². The highest BCUT2D eigenvalue weighted by atomic mass is 19.1. The van der Waals surface area contributed by atoms with Crippen molar-refractivity contribution in [2.45, 2.75) is 0 Å². The van der Waals surface area contributed by atoms with Crippen LogP contribution >= 0.6 is 0 Å². The summed E-state index contributed by atoms with van der Waals surface area (Å²) in [5.74, 6) is -0.699. The van der Waals surface area contributed by atoms with Crippen LogP contribution in [0.3, 0.4) is 0 Å². The summed E-state index contributed by atoms with van der Waals surface area (Å²) >= 11 is 0. The Hall–Kier alpha value is -2.56. The van der Waals surface area contributed by atoms with Gasteiger partial charge in [-0.3, -0.25) is 0 Å². The Morgan fingerprint density at radius 3 is 1.61 bits per heavy atom. The molecule has 3 N–H and O–H groups in total. The molecule has 0 aliphatic heterocycles. The average molecular weight is 252 g/mol. The van der Waals surface area contributed by atoms with E-state index in [4.69, 9.17) is 20.1 Å². The van der Waals surface area contributed by atoms with Crippen molar-refractivity contribution < 1.29 is 24.5 Å². The number of para-hydroxylation sites is 1. The molecule has 0 aromatic heterocycles. The monoisotopic (exact) mass is 252 g/mol. The highest BCUT2D eigenvalue weighted by Gasteiger charge is 1.92. The van der Waals surface area contributed by atoms with Crippen LogP contribution < -0.4 is 0 Å². The molecular weight excluding hydrogens is 239 g/mol. The molecule has 0 aliphatic rings. The lowest BCUT2D eigenvalue weighted by atomic mass is 10.3. The summed E-state index contributed by atoms with van der Waals surface area (Å²) in [6.45, 7) is 2.00. The number of aromatic hydroxyl groups is 3. The van der Waals surface area contributed by atoms with Gasteiger partial charge in [0.2, 0.25) is 0 Å². The molecule has 5 heteroatoms. The van der Waals surface area contributed by atoms with Crippen LogP contribution in [0.2, 0.25) is 0 Å². The van der Waals surface area contributed by atoms with Crippen molar-refractivity contribution >= 4 is 6.79 Å². The van der Waals surface area contributed by atoms with Crippen molar-refractivity contribution in [3.63, 3.8) is 0 Å². The first-order valence-electron chi connectivity index (χ1n) is 4.80. The maximum Gasteiger partial charge on any atom is 0.164 e. The van der Waals surface area contributed by atoms with Crippen molar-refractivity contribution in [3.05, 3.63) is 54.3 Å². The van der Waals surface area contributed by atoms with E-state index >= 15 is 0 Å². The first-order valence-corrected chi connectivity index (χ1v) is 4.80. The second kappa shape index (κ2) is 8.58. The minimum atomic E-state index is -0.576. The summed E-state index contributed by atoms with van der Waals surface area (Å²) in [5.41, 5.74) is 0. The number of carbonyl (C=O) groups is 1. The lowest BCUT2D eigenvalue weighted by Crippen LogP contribution is -1.70. The molecule has 96 valence electrons. The summed E-state index contributed by atoms with van der Waals surface area (Å²) in [6.07, 6.45) is 0. The van der Waals surface area contributed by atoms with E-state index in [2.05, 4.69) is 0 Å². The third kappa shape index (κ3) is 6.12. The zero-order valence-electron chi connectivity index (χ0n) is 9.45. The van der Waals surface area contributed by atoms with Crippen LogP contribution in [0.1, 0.15) is 0 Å². The highest BCUT2D eigenvalue weighted by molar-refractivity contribution is 5.30. The van der Waals surface area contributed by atoms with Gasteiger partial charge < -0.3 is 20.1 Å². The Bertz CT molecular complexity index is 436. The predicted octanol–water partition coefficient (Wildman–Crippen LogP) is 2.44. The van der Waals surface area contributed by atoms with Crippen LogP contribution in [0.15, 0.2) is 48.5 Å². The van der Waals surface area contributed by atoms with Gasteiger partial charge in [0.05, 0.1) is 0 Å². The van der Waals surface area contributed by atoms with Gasteiger partial charge in [-0.1, -0.05) is 18.2 Å². The number of rotatable bonds is 0. The Morgan fingerprint density at radius 1 is 0.833 bits per heavy atom. The van der Waals surface area contributed by atoms with Crippen molar-refractivity contribution in [2.75, 3.05) is 0 Å². The van der Waals surface area contributed by atoms with Crippen molar-refractivity contribution in [1.29, 1.82) is 0 Å². The number of benzene rings is 2. The van der Waals surface area contributed by atoms with E-state index in [1.807, 2.05) is 6.79 Å². The fourth-order valence-corrected chi connectivity index (χ4v) is 0.945. The Balaban J connectivity index is 0.000000283. The second-order valence-corrected chi connectivity index (χ2v) is 2.97. The Kier molecular flexibility index (Phi) is 7.36. The molecule has 2 rings (SSSR count). The molecule has 0 heterocycles. The van der Waals surface area contributed by atoms with Crippen LogP contribution in [0.4, 0.5) is 4.39 Å². The van der Waals surface area contributed by atoms with E-state index in [1.165, 1.54) is 36.4 Å². The summed E-state index contributed by atoms with van der Waals surface area (Å²) in [5, 5.41) is 25.9. The Labute approximate surface area is 104 Å². The van der Waals surface area contributed by atoms with Crippen molar-refractivity contribution in [1.82, 2.24) is 0 Å². The van der Waals surface area contributed by atoms with Crippen LogP contribution in [-0.4, -0.2) is 22.1 Å². The quantitative estimate of drug-likeness (QED) is 0.673. The van der Waals surface area contributed by atoms with E-state index in [1.54, 1.807) is 12.1 Å². The fraction of sp³-hybridized carbons (Fsp3) is 0. The standard InChI is InChI=1S/C6H5FO.C6H6O2.CH2O/c7-5-3-1-2-4-6(5)8;7-5-2-1-3-6(8)4-5;1-2/h1-4,8H;1-4,7-8H;1H2. The van der Waals surface area contributed by atoms with E-state index in [9.17, 15) is 4.39 Å². The van der Waals surface area contributed by atoms with Gasteiger partial charge in [-0.25, -0.2) is 4.39 Å². The molecule has 0 saturated carbocycles. The van der Waals surface area contributed by atoms with E-state index in [-0.39, 0.29) is 17.2 Å². The third-order valence-electron chi connectivity index (χ3n) is 1.68. The van der Waals surface area contributed by atoms with Gasteiger partial charge in [0.1, 0.15) is 18.3 Å². The Morgan fingerprint density at radius 2 is 1.33 bits per heavy atom. The molecule has 2 aromatic carbocycles. The topological polar surface area (TPSA) is 77.8 Å². The average Bonchev–Trinajstić information content (AvgIpc) is 2.36. The summed E-state index contributed by atoms with van der Waals surface area (Å²) in [6, 6.07) is 11.4. The summed E-state index contributed by atoms with van der Waals surface area (Å²) < 4.78 is 12.1. The summed E-state index contributed by atoms with van der Waals surface area (Å²) in [7, 11) is 0. The molecular formula is C13H13FO4. The number of hydrogen-bond donors (Lipinski definition) is 3. The molecule has 0 saturated heterocycles. The molecule has 2 aromatic rings. The number of phenolic OH excluding ortho intramolecular Hbond substituents is 3. The van der Waals surface area contributed by atoms with Gasteiger partial charge in [0.15, 0.2) is 11.6 Å². The molecule has 0 unspecified atom stereocenters. The van der Waals surface area contributed by atoms with Gasteiger partial charge in [0.25, 0.3) is 0 Å². The van der Waals surface area contributed by atoms with Gasteiger partial charge in [0, 0.05) is 6.07 Å². The van der Waals surface area contributed by atoms with Gasteiger partial charge in [-0.05, 0) is 24.3 Å². The molecule has 0 atom stereocenters. The molecule has 0 aliphatic carbocycles. The van der Waals surface area contributed by atoms with E-state index in [0.29, 0.717) is 0 Å². The SMILES string of the molecule is C=O.Oc1cccc(O)c1.Oc1ccccc1F.